The second kappa shape index (κ2) is 4.34. The summed E-state index contributed by atoms with van der Waals surface area (Å²) in [5.74, 6) is -1.13. The molecule has 0 aliphatic carbocycles. The van der Waals surface area contributed by atoms with Gasteiger partial charge in [-0.25, -0.2) is 9.79 Å². The van der Waals surface area contributed by atoms with Gasteiger partial charge in [-0.15, -0.1) is 0 Å². The van der Waals surface area contributed by atoms with Gasteiger partial charge in [0.2, 0.25) is 0 Å². The van der Waals surface area contributed by atoms with Crippen LogP contribution in [-0.4, -0.2) is 35.8 Å². The van der Waals surface area contributed by atoms with Crippen LogP contribution >= 0.6 is 0 Å². The van der Waals surface area contributed by atoms with Gasteiger partial charge >= 0.3 is 12.1 Å². The van der Waals surface area contributed by atoms with Crippen molar-refractivity contribution in [1.82, 2.24) is 5.43 Å². The molecule has 17 heavy (non-hydrogen) atoms. The zero-order chi connectivity index (χ0) is 13.3. The predicted molar refractivity (Wildman–Crippen MR) is 54.8 cm³/mol. The van der Waals surface area contributed by atoms with Gasteiger partial charge in [0.15, 0.2) is 11.4 Å². The minimum Gasteiger partial charge on any atom is -0.461 e. The third-order valence-corrected chi connectivity index (χ3v) is 1.79. The van der Waals surface area contributed by atoms with Crippen LogP contribution in [0.1, 0.15) is 20.8 Å². The van der Waals surface area contributed by atoms with Crippen LogP contribution in [0.2, 0.25) is 0 Å². The van der Waals surface area contributed by atoms with Crippen LogP contribution in [0.4, 0.5) is 13.2 Å². The normalized spacial score (nSPS) is 18.9. The van der Waals surface area contributed by atoms with E-state index in [0.717, 1.165) is 0 Å². The van der Waals surface area contributed by atoms with Crippen molar-refractivity contribution in [3.8, 4) is 0 Å². The van der Waals surface area contributed by atoms with E-state index in [0.29, 0.717) is 0 Å². The first kappa shape index (κ1) is 13.5. The highest BCUT2D eigenvalue weighted by molar-refractivity contribution is 6.67. The molecule has 0 unspecified atom stereocenters. The summed E-state index contributed by atoms with van der Waals surface area (Å²) in [7, 11) is 0. The smallest absolute Gasteiger partial charge is 0.437 e. The molecule has 1 rings (SSSR count). The Bertz CT molecular complexity index is 385. The molecular weight excluding hydrogens is 239 g/mol. The molecule has 1 aliphatic rings. The molecule has 96 valence electrons. The van der Waals surface area contributed by atoms with E-state index in [1.807, 2.05) is 0 Å². The minimum atomic E-state index is -4.75. The van der Waals surface area contributed by atoms with Gasteiger partial charge in [0.25, 0.3) is 0 Å². The Morgan fingerprint density at radius 2 is 2.06 bits per heavy atom. The zero-order valence-electron chi connectivity index (χ0n) is 9.55. The van der Waals surface area contributed by atoms with Crippen LogP contribution < -0.4 is 5.43 Å². The number of aliphatic imine (C=N–C) groups is 1. The van der Waals surface area contributed by atoms with Gasteiger partial charge in [-0.05, 0) is 20.8 Å². The first-order valence-corrected chi connectivity index (χ1v) is 4.87. The summed E-state index contributed by atoms with van der Waals surface area (Å²) >= 11 is 0. The Morgan fingerprint density at radius 1 is 1.47 bits per heavy atom. The van der Waals surface area contributed by atoms with Gasteiger partial charge in [-0.2, -0.15) is 18.3 Å². The summed E-state index contributed by atoms with van der Waals surface area (Å²) in [6.07, 6.45) is -4.75. The molecule has 1 aliphatic heterocycles. The number of carbonyl (C=O) groups is 1. The van der Waals surface area contributed by atoms with Crippen molar-refractivity contribution in [2.24, 2.45) is 10.1 Å². The molecule has 0 atom stereocenters. The van der Waals surface area contributed by atoms with Gasteiger partial charge in [-0.3, -0.25) is 5.43 Å². The summed E-state index contributed by atoms with van der Waals surface area (Å²) in [6.45, 7) is 4.44. The number of ether oxygens (including phenoxy) is 1. The van der Waals surface area contributed by atoms with Crippen LogP contribution in [0.25, 0.3) is 0 Å². The molecule has 0 radical (unpaired) electrons. The Labute approximate surface area is 95.7 Å². The molecule has 5 nitrogen and oxygen atoms in total. The van der Waals surface area contributed by atoms with E-state index in [4.69, 9.17) is 0 Å². The summed E-state index contributed by atoms with van der Waals surface area (Å²) in [4.78, 5) is 15.0. The maximum absolute atomic E-state index is 12.6. The van der Waals surface area contributed by atoms with Crippen molar-refractivity contribution in [1.29, 1.82) is 0 Å². The van der Waals surface area contributed by atoms with E-state index in [-0.39, 0.29) is 6.61 Å². The number of halogens is 3. The Morgan fingerprint density at radius 3 is 2.53 bits per heavy atom. The first-order valence-electron chi connectivity index (χ1n) is 4.87. The SMILES string of the molecule is CCOC(=O)C1=NC(C)(C)NN=C1C(F)(F)F. The predicted octanol–water partition coefficient (Wildman–Crippen LogP) is 1.25. The van der Waals surface area contributed by atoms with Crippen molar-refractivity contribution in [2.75, 3.05) is 6.61 Å². The van der Waals surface area contributed by atoms with E-state index >= 15 is 0 Å². The second-order valence-corrected chi connectivity index (χ2v) is 3.81. The molecule has 0 aromatic heterocycles. The van der Waals surface area contributed by atoms with E-state index < -0.39 is 29.2 Å². The topological polar surface area (TPSA) is 63.0 Å². The minimum absolute atomic E-state index is 0.0309. The lowest BCUT2D eigenvalue weighted by molar-refractivity contribution is -0.135. The number of hydrogen-bond acceptors (Lipinski definition) is 5. The van der Waals surface area contributed by atoms with Crippen LogP contribution in [-0.2, 0) is 9.53 Å². The largest absolute Gasteiger partial charge is 0.461 e. The van der Waals surface area contributed by atoms with Gasteiger partial charge in [0.05, 0.1) is 6.61 Å². The van der Waals surface area contributed by atoms with Crippen LogP contribution in [0, 0.1) is 0 Å². The average Bonchev–Trinajstić information content (AvgIpc) is 2.14. The van der Waals surface area contributed by atoms with Gasteiger partial charge in [0.1, 0.15) is 5.66 Å². The summed E-state index contributed by atoms with van der Waals surface area (Å²) in [5, 5.41) is 3.15. The van der Waals surface area contributed by atoms with Crippen LogP contribution in [0.3, 0.4) is 0 Å². The Kier molecular flexibility index (Phi) is 3.44. The average molecular weight is 251 g/mol. The van der Waals surface area contributed by atoms with E-state index in [1.54, 1.807) is 0 Å². The molecule has 0 saturated heterocycles. The molecule has 0 aromatic rings. The molecule has 0 aromatic carbocycles. The molecule has 0 fully saturated rings. The van der Waals surface area contributed by atoms with Crippen molar-refractivity contribution in [2.45, 2.75) is 32.6 Å². The standard InChI is InChI=1S/C9H12F3N3O2/c1-4-17-7(16)5-6(9(10,11)12)14-15-8(2,3)13-5/h15H,4H2,1-3H3. The van der Waals surface area contributed by atoms with Gasteiger partial charge in [-0.1, -0.05) is 0 Å². The van der Waals surface area contributed by atoms with E-state index in [2.05, 4.69) is 20.3 Å². The molecule has 0 spiro atoms. The maximum atomic E-state index is 12.6. The molecule has 8 heteroatoms. The molecular formula is C9H12F3N3O2. The number of hydrazone groups is 1. The quantitative estimate of drug-likeness (QED) is 0.751. The van der Waals surface area contributed by atoms with Crippen molar-refractivity contribution in [3.05, 3.63) is 0 Å². The van der Waals surface area contributed by atoms with Gasteiger partial charge < -0.3 is 4.74 Å². The number of carbonyl (C=O) groups excluding carboxylic acids is 1. The fraction of sp³-hybridized carbons (Fsp3) is 0.667. The van der Waals surface area contributed by atoms with Crippen molar-refractivity contribution in [3.63, 3.8) is 0 Å². The Balaban J connectivity index is 3.12. The first-order chi connectivity index (χ1) is 7.67. The van der Waals surface area contributed by atoms with Crippen molar-refractivity contribution >= 4 is 17.4 Å². The number of nitrogens with zero attached hydrogens (tertiary/aromatic N) is 2. The van der Waals surface area contributed by atoms with Gasteiger partial charge in [0, 0.05) is 0 Å². The summed E-state index contributed by atoms with van der Waals surface area (Å²) < 4.78 is 42.3. The number of hydrogen-bond donors (Lipinski definition) is 1. The highest BCUT2D eigenvalue weighted by atomic mass is 19.4. The van der Waals surface area contributed by atoms with Crippen molar-refractivity contribution < 1.29 is 22.7 Å². The third kappa shape index (κ3) is 3.18. The highest BCUT2D eigenvalue weighted by Gasteiger charge is 2.45. The second-order valence-electron chi connectivity index (χ2n) is 3.81. The van der Waals surface area contributed by atoms with E-state index in [1.165, 1.54) is 20.8 Å². The number of rotatable bonds is 2. The zero-order valence-corrected chi connectivity index (χ0v) is 9.55. The fourth-order valence-electron chi connectivity index (χ4n) is 1.14. The summed E-state index contributed by atoms with van der Waals surface area (Å²) in [5.41, 5.74) is -1.03. The molecule has 0 amide bonds. The number of esters is 1. The highest BCUT2D eigenvalue weighted by Crippen LogP contribution is 2.22. The molecule has 1 N–H and O–H groups in total. The lowest BCUT2D eigenvalue weighted by atomic mass is 10.1. The fourth-order valence-corrected chi connectivity index (χ4v) is 1.14. The lowest BCUT2D eigenvalue weighted by Crippen LogP contribution is -2.48. The monoisotopic (exact) mass is 251 g/mol. The summed E-state index contributed by atoms with van der Waals surface area (Å²) in [6, 6.07) is 0. The van der Waals surface area contributed by atoms with Crippen LogP contribution in [0.5, 0.6) is 0 Å². The molecule has 1 heterocycles. The number of nitrogens with one attached hydrogen (secondary N) is 1. The lowest BCUT2D eigenvalue weighted by Gasteiger charge is -2.26. The number of alkyl halides is 3. The van der Waals surface area contributed by atoms with E-state index in [9.17, 15) is 18.0 Å². The Hall–Kier alpha value is -1.60. The molecule has 0 bridgehead atoms. The maximum Gasteiger partial charge on any atom is 0.437 e. The third-order valence-electron chi connectivity index (χ3n) is 1.79. The molecule has 0 saturated carbocycles. The van der Waals surface area contributed by atoms with Crippen LogP contribution in [0.15, 0.2) is 10.1 Å².